The first-order valence-electron chi connectivity index (χ1n) is 2.94. The van der Waals surface area contributed by atoms with Crippen LogP contribution >= 0.6 is 0 Å². The Labute approximate surface area is 96.5 Å². The molecule has 0 aromatic heterocycles. The number of carboxylic acid groups (broad SMARTS) is 2. The monoisotopic (exact) mass is 296 g/mol. The van der Waals surface area contributed by atoms with E-state index >= 15 is 0 Å². The minimum absolute atomic E-state index is 0. The predicted molar refractivity (Wildman–Crippen MR) is 36.4 cm³/mol. The van der Waals surface area contributed by atoms with Crippen molar-refractivity contribution >= 4 is 37.8 Å². The largest absolute Gasteiger partial charge is 3.00 e. The van der Waals surface area contributed by atoms with Gasteiger partial charge in [0.1, 0.15) is 0 Å². The van der Waals surface area contributed by atoms with Gasteiger partial charge in [-0.05, 0) is 12.8 Å². The second kappa shape index (κ2) is 17.3. The van der Waals surface area contributed by atoms with E-state index in [1.807, 2.05) is 0 Å². The van der Waals surface area contributed by atoms with Gasteiger partial charge in [0.05, 0.1) is 0 Å². The van der Waals surface area contributed by atoms with Gasteiger partial charge in [-0.1, -0.05) is 13.8 Å². The Balaban J connectivity index is -0.0000000457. The van der Waals surface area contributed by atoms with Crippen LogP contribution in [0, 0.1) is 0 Å². The molecule has 0 heterocycles. The van der Waals surface area contributed by atoms with Crippen LogP contribution in [-0.4, -0.2) is 37.8 Å². The average molecular weight is 296 g/mol. The Morgan fingerprint density at radius 1 is 1.00 bits per heavy atom. The van der Waals surface area contributed by atoms with Crippen molar-refractivity contribution in [3.05, 3.63) is 0 Å². The standard InChI is InChI=1S/2C3H6O2.ClH.In/c2*1-2-3(4)5;;/h2*2H2,1H3,(H,4,5);1H;/q;;;+3/p-3. The molecule has 0 radical (unpaired) electrons. The van der Waals surface area contributed by atoms with Gasteiger partial charge in [-0.3, -0.25) is 0 Å². The van der Waals surface area contributed by atoms with Crippen molar-refractivity contribution in [3.8, 4) is 0 Å². The van der Waals surface area contributed by atoms with Gasteiger partial charge >= 0.3 is 25.8 Å². The maximum atomic E-state index is 9.26. The van der Waals surface area contributed by atoms with Gasteiger partial charge in [0.25, 0.3) is 0 Å². The van der Waals surface area contributed by atoms with Gasteiger partial charge in [0, 0.05) is 11.9 Å². The Hall–Kier alpha value is 0.100. The minimum Gasteiger partial charge on any atom is -1.00 e. The molecule has 0 aromatic carbocycles. The van der Waals surface area contributed by atoms with Crippen LogP contribution in [0.2, 0.25) is 0 Å². The molecule has 0 aliphatic rings. The van der Waals surface area contributed by atoms with E-state index in [1.54, 1.807) is 0 Å². The van der Waals surface area contributed by atoms with Crippen molar-refractivity contribution in [3.63, 3.8) is 0 Å². The molecule has 0 aliphatic heterocycles. The van der Waals surface area contributed by atoms with Crippen molar-refractivity contribution in [2.24, 2.45) is 0 Å². The molecular formula is C6H10ClInO4. The maximum absolute atomic E-state index is 9.26. The van der Waals surface area contributed by atoms with Crippen LogP contribution in [0.3, 0.4) is 0 Å². The number of halogens is 1. The Morgan fingerprint density at radius 2 is 1.08 bits per heavy atom. The summed E-state index contributed by atoms with van der Waals surface area (Å²) in [6.45, 7) is 3.07. The number of carbonyl (C=O) groups is 2. The molecule has 0 atom stereocenters. The summed E-state index contributed by atoms with van der Waals surface area (Å²) in [6, 6.07) is 0. The summed E-state index contributed by atoms with van der Waals surface area (Å²) < 4.78 is 0. The van der Waals surface area contributed by atoms with E-state index in [0.29, 0.717) is 0 Å². The number of carboxylic acids is 2. The quantitative estimate of drug-likeness (QED) is 0.511. The summed E-state index contributed by atoms with van der Waals surface area (Å²) in [4.78, 5) is 18.5. The second-order valence-electron chi connectivity index (χ2n) is 1.45. The summed E-state index contributed by atoms with van der Waals surface area (Å²) in [5, 5.41) is 18.5. The Morgan fingerprint density at radius 3 is 1.08 bits per heavy atom. The first-order valence-corrected chi connectivity index (χ1v) is 2.94. The first kappa shape index (κ1) is 22.7. The summed E-state index contributed by atoms with van der Waals surface area (Å²) in [5.41, 5.74) is 0. The molecule has 0 aromatic rings. The van der Waals surface area contributed by atoms with E-state index in [0.717, 1.165) is 0 Å². The number of rotatable bonds is 2. The normalized spacial score (nSPS) is 6.17. The zero-order valence-corrected chi connectivity index (χ0v) is 11.1. The van der Waals surface area contributed by atoms with Crippen LogP contribution in [0.5, 0.6) is 0 Å². The van der Waals surface area contributed by atoms with Crippen LogP contribution in [0.15, 0.2) is 0 Å². The van der Waals surface area contributed by atoms with Crippen LogP contribution < -0.4 is 22.6 Å². The van der Waals surface area contributed by atoms with Crippen molar-refractivity contribution in [1.29, 1.82) is 0 Å². The number of hydrogen-bond donors (Lipinski definition) is 0. The molecule has 0 saturated carbocycles. The molecule has 0 rings (SSSR count). The van der Waals surface area contributed by atoms with Gasteiger partial charge in [-0.15, -0.1) is 0 Å². The van der Waals surface area contributed by atoms with Gasteiger partial charge in [0.15, 0.2) is 0 Å². The molecule has 0 unspecified atom stereocenters. The van der Waals surface area contributed by atoms with Gasteiger partial charge < -0.3 is 32.2 Å². The van der Waals surface area contributed by atoms with Crippen LogP contribution in [0.1, 0.15) is 26.7 Å². The van der Waals surface area contributed by atoms with Crippen LogP contribution in [0.4, 0.5) is 0 Å². The van der Waals surface area contributed by atoms with Gasteiger partial charge in [-0.2, -0.15) is 0 Å². The van der Waals surface area contributed by atoms with Crippen molar-refractivity contribution in [1.82, 2.24) is 0 Å². The second-order valence-corrected chi connectivity index (χ2v) is 1.45. The molecule has 0 aliphatic carbocycles. The first-order chi connectivity index (χ1) is 4.54. The minimum atomic E-state index is -0.995. The maximum Gasteiger partial charge on any atom is 3.00 e. The Kier molecular flexibility index (Phi) is 32.7. The van der Waals surface area contributed by atoms with E-state index < -0.39 is 11.9 Å². The van der Waals surface area contributed by atoms with Gasteiger partial charge in [-0.25, -0.2) is 0 Å². The van der Waals surface area contributed by atoms with Crippen LogP contribution in [0.25, 0.3) is 0 Å². The van der Waals surface area contributed by atoms with Gasteiger partial charge in [0.2, 0.25) is 0 Å². The summed E-state index contributed by atoms with van der Waals surface area (Å²) in [7, 11) is 0. The Bertz CT molecular complexity index is 104. The number of carbonyl (C=O) groups excluding carboxylic acids is 2. The molecule has 4 nitrogen and oxygen atoms in total. The van der Waals surface area contributed by atoms with E-state index in [1.165, 1.54) is 13.8 Å². The fourth-order valence-electron chi connectivity index (χ4n) is 0. The molecule has 0 spiro atoms. The SMILES string of the molecule is CCC(=O)[O-].CCC(=O)[O-].[Cl-].[In+3]. The molecule has 0 amide bonds. The fourth-order valence-corrected chi connectivity index (χ4v) is 0. The zero-order valence-electron chi connectivity index (χ0n) is 7.00. The summed E-state index contributed by atoms with van der Waals surface area (Å²) >= 11 is 0. The van der Waals surface area contributed by atoms with Crippen molar-refractivity contribution < 1.29 is 32.2 Å². The third kappa shape index (κ3) is 49.8. The molecule has 68 valence electrons. The average Bonchev–Trinajstić information content (AvgIpc) is 1.89. The molecule has 0 saturated heterocycles. The number of hydrogen-bond acceptors (Lipinski definition) is 4. The fraction of sp³-hybridized carbons (Fsp3) is 0.667. The third-order valence-corrected chi connectivity index (χ3v) is 0.577. The van der Waals surface area contributed by atoms with E-state index in [4.69, 9.17) is 0 Å². The molecular weight excluding hydrogens is 286 g/mol. The summed E-state index contributed by atoms with van der Waals surface area (Å²) in [6.07, 6.45) is 0.222. The molecule has 0 fully saturated rings. The van der Waals surface area contributed by atoms with Crippen LogP contribution in [-0.2, 0) is 9.59 Å². The smallest absolute Gasteiger partial charge is 1.00 e. The summed E-state index contributed by atoms with van der Waals surface area (Å²) in [5.74, 6) is -1.99. The van der Waals surface area contributed by atoms with E-state index in [2.05, 4.69) is 0 Å². The van der Waals surface area contributed by atoms with Crippen molar-refractivity contribution in [2.45, 2.75) is 26.7 Å². The van der Waals surface area contributed by atoms with E-state index in [-0.39, 0.29) is 51.1 Å². The topological polar surface area (TPSA) is 80.3 Å². The molecule has 12 heavy (non-hydrogen) atoms. The zero-order chi connectivity index (χ0) is 8.57. The molecule has 0 bridgehead atoms. The van der Waals surface area contributed by atoms with E-state index in [9.17, 15) is 19.8 Å². The third-order valence-electron chi connectivity index (χ3n) is 0.577. The number of aliphatic carboxylic acids is 2. The molecule has 6 heteroatoms. The molecule has 0 N–H and O–H groups in total. The predicted octanol–water partition coefficient (Wildman–Crippen LogP) is -5.08. The van der Waals surface area contributed by atoms with Crippen molar-refractivity contribution in [2.75, 3.05) is 0 Å².